The second kappa shape index (κ2) is 7.65. The molecule has 20 heavy (non-hydrogen) atoms. The van der Waals surface area contributed by atoms with E-state index < -0.39 is 0 Å². The monoisotopic (exact) mass is 277 g/mol. The standard InChI is InChI=1S/C17H27NO2/c1-13(2)12-20-17-9-5-4-8-16(17)14(3)18-11-15-7-6-10-19-15/h4-5,8-9,13-15,18H,6-7,10-12H2,1-3H3/t14-,15-/m0/s1. The molecule has 0 spiro atoms. The number of rotatable bonds is 7. The van der Waals surface area contributed by atoms with Crippen LogP contribution in [0.2, 0.25) is 0 Å². The summed E-state index contributed by atoms with van der Waals surface area (Å²) in [5, 5.41) is 3.56. The first-order valence-electron chi connectivity index (χ1n) is 7.73. The average Bonchev–Trinajstić information content (AvgIpc) is 2.96. The van der Waals surface area contributed by atoms with E-state index >= 15 is 0 Å². The molecule has 1 fully saturated rings. The van der Waals surface area contributed by atoms with Crippen LogP contribution in [-0.2, 0) is 4.74 Å². The molecule has 0 aliphatic carbocycles. The van der Waals surface area contributed by atoms with Crippen molar-refractivity contribution in [3.8, 4) is 5.75 Å². The van der Waals surface area contributed by atoms with Crippen LogP contribution in [0.25, 0.3) is 0 Å². The van der Waals surface area contributed by atoms with E-state index in [-0.39, 0.29) is 6.04 Å². The van der Waals surface area contributed by atoms with Crippen LogP contribution in [0.4, 0.5) is 0 Å². The van der Waals surface area contributed by atoms with Gasteiger partial charge in [-0.25, -0.2) is 0 Å². The molecular weight excluding hydrogens is 250 g/mol. The van der Waals surface area contributed by atoms with E-state index in [1.165, 1.54) is 18.4 Å². The van der Waals surface area contributed by atoms with Crippen LogP contribution in [0.1, 0.15) is 45.2 Å². The summed E-state index contributed by atoms with van der Waals surface area (Å²) >= 11 is 0. The minimum atomic E-state index is 0.280. The number of benzene rings is 1. The van der Waals surface area contributed by atoms with Crippen LogP contribution in [0.3, 0.4) is 0 Å². The lowest BCUT2D eigenvalue weighted by Crippen LogP contribution is -2.29. The van der Waals surface area contributed by atoms with Gasteiger partial charge in [-0.05, 0) is 31.7 Å². The number of para-hydroxylation sites is 1. The van der Waals surface area contributed by atoms with Gasteiger partial charge in [-0.1, -0.05) is 32.0 Å². The van der Waals surface area contributed by atoms with Crippen molar-refractivity contribution in [1.29, 1.82) is 0 Å². The Morgan fingerprint density at radius 1 is 1.30 bits per heavy atom. The highest BCUT2D eigenvalue weighted by atomic mass is 16.5. The second-order valence-electron chi connectivity index (χ2n) is 6.01. The third-order valence-electron chi connectivity index (χ3n) is 3.63. The van der Waals surface area contributed by atoms with Crippen molar-refractivity contribution >= 4 is 0 Å². The molecule has 0 saturated carbocycles. The molecule has 1 aliphatic rings. The van der Waals surface area contributed by atoms with Gasteiger partial charge >= 0.3 is 0 Å². The molecule has 0 aromatic heterocycles. The van der Waals surface area contributed by atoms with E-state index in [4.69, 9.17) is 9.47 Å². The molecule has 0 amide bonds. The third kappa shape index (κ3) is 4.50. The first-order valence-corrected chi connectivity index (χ1v) is 7.73. The predicted octanol–water partition coefficient (Wildman–Crippen LogP) is 3.55. The summed E-state index contributed by atoms with van der Waals surface area (Å²) in [6.45, 7) is 9.11. The zero-order valence-corrected chi connectivity index (χ0v) is 12.9. The van der Waals surface area contributed by atoms with Gasteiger partial charge < -0.3 is 14.8 Å². The molecule has 112 valence electrons. The third-order valence-corrected chi connectivity index (χ3v) is 3.63. The van der Waals surface area contributed by atoms with Gasteiger partial charge in [-0.15, -0.1) is 0 Å². The van der Waals surface area contributed by atoms with Crippen molar-refractivity contribution in [2.45, 2.75) is 45.8 Å². The number of hydrogen-bond acceptors (Lipinski definition) is 3. The molecule has 3 heteroatoms. The van der Waals surface area contributed by atoms with E-state index in [0.29, 0.717) is 12.0 Å². The first kappa shape index (κ1) is 15.3. The van der Waals surface area contributed by atoms with Gasteiger partial charge in [0.2, 0.25) is 0 Å². The SMILES string of the molecule is CC(C)COc1ccccc1[C@H](C)NC[C@@H]1CCCO1. The van der Waals surface area contributed by atoms with Gasteiger partial charge in [0.25, 0.3) is 0 Å². The highest BCUT2D eigenvalue weighted by molar-refractivity contribution is 5.35. The molecule has 1 N–H and O–H groups in total. The molecule has 1 saturated heterocycles. The first-order chi connectivity index (χ1) is 9.66. The van der Waals surface area contributed by atoms with Crippen molar-refractivity contribution in [3.63, 3.8) is 0 Å². The molecule has 1 aromatic rings. The maximum atomic E-state index is 5.92. The summed E-state index contributed by atoms with van der Waals surface area (Å²) in [5.41, 5.74) is 1.23. The Morgan fingerprint density at radius 2 is 2.10 bits per heavy atom. The highest BCUT2D eigenvalue weighted by Crippen LogP contribution is 2.25. The lowest BCUT2D eigenvalue weighted by Gasteiger charge is -2.20. The molecule has 1 heterocycles. The summed E-state index contributed by atoms with van der Waals surface area (Å²) in [6, 6.07) is 8.58. The molecule has 0 unspecified atom stereocenters. The summed E-state index contributed by atoms with van der Waals surface area (Å²) in [6.07, 6.45) is 2.74. The smallest absolute Gasteiger partial charge is 0.124 e. The molecule has 1 aromatic carbocycles. The largest absolute Gasteiger partial charge is 0.493 e. The Hall–Kier alpha value is -1.06. The summed E-state index contributed by atoms with van der Waals surface area (Å²) in [7, 11) is 0. The zero-order chi connectivity index (χ0) is 14.4. The van der Waals surface area contributed by atoms with Gasteiger partial charge in [-0.2, -0.15) is 0 Å². The van der Waals surface area contributed by atoms with Crippen LogP contribution in [-0.4, -0.2) is 25.9 Å². The van der Waals surface area contributed by atoms with Crippen molar-refractivity contribution in [2.24, 2.45) is 5.92 Å². The van der Waals surface area contributed by atoms with E-state index in [0.717, 1.165) is 25.5 Å². The van der Waals surface area contributed by atoms with Gasteiger partial charge in [0.1, 0.15) is 5.75 Å². The topological polar surface area (TPSA) is 30.5 Å². The normalized spacial score (nSPS) is 20.3. The Morgan fingerprint density at radius 3 is 2.80 bits per heavy atom. The van der Waals surface area contributed by atoms with Crippen LogP contribution in [0.5, 0.6) is 5.75 Å². The molecule has 0 bridgehead atoms. The van der Waals surface area contributed by atoms with Crippen molar-refractivity contribution in [3.05, 3.63) is 29.8 Å². The minimum Gasteiger partial charge on any atom is -0.493 e. The van der Waals surface area contributed by atoms with Gasteiger partial charge in [0.15, 0.2) is 0 Å². The molecule has 0 radical (unpaired) electrons. The van der Waals surface area contributed by atoms with Crippen molar-refractivity contribution < 1.29 is 9.47 Å². The fourth-order valence-corrected chi connectivity index (χ4v) is 2.45. The van der Waals surface area contributed by atoms with Crippen molar-refractivity contribution in [2.75, 3.05) is 19.8 Å². The number of ether oxygens (including phenoxy) is 2. The van der Waals surface area contributed by atoms with E-state index in [1.807, 2.05) is 6.07 Å². The fourth-order valence-electron chi connectivity index (χ4n) is 2.45. The highest BCUT2D eigenvalue weighted by Gasteiger charge is 2.17. The van der Waals surface area contributed by atoms with E-state index in [2.05, 4.69) is 44.3 Å². The summed E-state index contributed by atoms with van der Waals surface area (Å²) in [4.78, 5) is 0. The molecule has 2 atom stereocenters. The lowest BCUT2D eigenvalue weighted by molar-refractivity contribution is 0.108. The fraction of sp³-hybridized carbons (Fsp3) is 0.647. The van der Waals surface area contributed by atoms with E-state index in [9.17, 15) is 0 Å². The average molecular weight is 277 g/mol. The maximum Gasteiger partial charge on any atom is 0.124 e. The second-order valence-corrected chi connectivity index (χ2v) is 6.01. The van der Waals surface area contributed by atoms with Gasteiger partial charge in [0, 0.05) is 24.8 Å². The molecule has 3 nitrogen and oxygen atoms in total. The quantitative estimate of drug-likeness (QED) is 0.826. The molecule has 1 aliphatic heterocycles. The molecule has 2 rings (SSSR count). The Balaban J connectivity index is 1.91. The Kier molecular flexibility index (Phi) is 5.86. The van der Waals surface area contributed by atoms with E-state index in [1.54, 1.807) is 0 Å². The molecular formula is C17H27NO2. The van der Waals surface area contributed by atoms with Crippen LogP contribution < -0.4 is 10.1 Å². The summed E-state index contributed by atoms with van der Waals surface area (Å²) < 4.78 is 11.6. The Labute approximate surface area is 122 Å². The van der Waals surface area contributed by atoms with Crippen LogP contribution >= 0.6 is 0 Å². The lowest BCUT2D eigenvalue weighted by atomic mass is 10.1. The summed E-state index contributed by atoms with van der Waals surface area (Å²) in [5.74, 6) is 1.53. The van der Waals surface area contributed by atoms with Crippen molar-refractivity contribution in [1.82, 2.24) is 5.32 Å². The maximum absolute atomic E-state index is 5.92. The van der Waals surface area contributed by atoms with Crippen LogP contribution in [0.15, 0.2) is 24.3 Å². The predicted molar refractivity (Wildman–Crippen MR) is 82.2 cm³/mol. The Bertz CT molecular complexity index is 400. The zero-order valence-electron chi connectivity index (χ0n) is 12.9. The number of nitrogens with one attached hydrogen (secondary N) is 1. The van der Waals surface area contributed by atoms with Gasteiger partial charge in [0.05, 0.1) is 12.7 Å². The van der Waals surface area contributed by atoms with Crippen LogP contribution in [0, 0.1) is 5.92 Å². The minimum absolute atomic E-state index is 0.280. The number of hydrogen-bond donors (Lipinski definition) is 1. The van der Waals surface area contributed by atoms with Gasteiger partial charge in [-0.3, -0.25) is 0 Å².